The fourth-order valence-corrected chi connectivity index (χ4v) is 2.42. The van der Waals surface area contributed by atoms with E-state index in [0.717, 1.165) is 18.0 Å². The van der Waals surface area contributed by atoms with Crippen LogP contribution in [-0.2, 0) is 4.74 Å². The van der Waals surface area contributed by atoms with Gasteiger partial charge >= 0.3 is 12.2 Å². The Labute approximate surface area is 223 Å². The second kappa shape index (κ2) is 16.4. The van der Waals surface area contributed by atoms with Crippen molar-refractivity contribution in [1.29, 1.82) is 0 Å². The molecule has 1 rings (SSSR count). The second-order valence-electron chi connectivity index (χ2n) is 6.89. The van der Waals surface area contributed by atoms with E-state index < -0.39 is 24.6 Å². The van der Waals surface area contributed by atoms with Gasteiger partial charge in [0.05, 0.1) is 11.6 Å². The van der Waals surface area contributed by atoms with Crippen LogP contribution >= 0.6 is 23.8 Å². The molecule has 1 aromatic rings. The number of ether oxygens (including phenoxy) is 3. The molecule has 0 bridgehead atoms. The molecule has 37 heavy (non-hydrogen) atoms. The first-order chi connectivity index (χ1) is 17.1. The number of hydrogen-bond donors (Lipinski definition) is 0. The van der Waals surface area contributed by atoms with E-state index in [1.165, 1.54) is 19.3 Å². The van der Waals surface area contributed by atoms with Crippen LogP contribution in [-0.4, -0.2) is 65.8 Å². The molecule has 0 N–H and O–H groups in total. The minimum Gasteiger partial charge on any atom is -0.495 e. The maximum absolute atomic E-state index is 12.7. The fourth-order valence-electron chi connectivity index (χ4n) is 2.18. The molecule has 0 atom stereocenters. The van der Waals surface area contributed by atoms with E-state index >= 15 is 0 Å². The number of halogens is 5. The minimum absolute atomic E-state index is 0.0129. The summed E-state index contributed by atoms with van der Waals surface area (Å²) in [4.78, 5) is 16.9. The number of pyridine rings is 1. The lowest BCUT2D eigenvalue weighted by Crippen LogP contribution is -2.44. The molecule has 0 saturated carbocycles. The molecule has 7 nitrogen and oxygen atoms in total. The Morgan fingerprint density at radius 1 is 1.27 bits per heavy atom. The second-order valence-corrected chi connectivity index (χ2v) is 7.71. The number of amides is 2. The molecule has 2 amide bonds. The maximum atomic E-state index is 12.7. The number of likely N-dealkylation sites (N-methyl/N-ethyl adjacent to an activating group) is 1. The molecule has 204 valence electrons. The molecule has 0 spiro atoms. The van der Waals surface area contributed by atoms with Gasteiger partial charge in [-0.3, -0.25) is 4.90 Å². The molecule has 0 unspecified atom stereocenters. The summed E-state index contributed by atoms with van der Waals surface area (Å²) < 4.78 is 64.6. The largest absolute Gasteiger partial charge is 0.495 e. The number of thiocarbonyl (C=S) groups is 1. The number of alkyl halides is 3. The Hall–Kier alpha value is -3.38. The SMILES string of the molecule is C=C(F)/C=C(/Cl)C(=C)Oc1cccnc1OCC(=C)OCC.C=CC(=S)N(C)C(=O)N(C)CC(F)(F)F. The first kappa shape index (κ1) is 33.6. The lowest BCUT2D eigenvalue weighted by molar-refractivity contribution is -0.138. The number of nitrogens with zero attached hydrogens (tertiary/aromatic N) is 3. The molecule has 13 heteroatoms. The van der Waals surface area contributed by atoms with Crippen LogP contribution in [0.1, 0.15) is 6.92 Å². The van der Waals surface area contributed by atoms with Crippen LogP contribution in [0.4, 0.5) is 22.4 Å². The highest BCUT2D eigenvalue weighted by Gasteiger charge is 2.32. The van der Waals surface area contributed by atoms with Gasteiger partial charge in [-0.15, -0.1) is 0 Å². The van der Waals surface area contributed by atoms with Crippen molar-refractivity contribution in [2.24, 2.45) is 0 Å². The van der Waals surface area contributed by atoms with Gasteiger partial charge in [-0.05, 0) is 31.2 Å². The Kier molecular flexibility index (Phi) is 14.9. The van der Waals surface area contributed by atoms with Crippen molar-refractivity contribution >= 4 is 34.8 Å². The normalized spacial score (nSPS) is 10.8. The molecular formula is C24H28ClF4N3O4S. The van der Waals surface area contributed by atoms with Crippen LogP contribution < -0.4 is 9.47 Å². The topological polar surface area (TPSA) is 64.1 Å². The van der Waals surface area contributed by atoms with Gasteiger partial charge in [0.2, 0.25) is 0 Å². The summed E-state index contributed by atoms with van der Waals surface area (Å²) in [5, 5.41) is -0.0129. The smallest absolute Gasteiger partial charge is 0.406 e. The van der Waals surface area contributed by atoms with Crippen molar-refractivity contribution < 1.29 is 36.6 Å². The summed E-state index contributed by atoms with van der Waals surface area (Å²) in [5.41, 5.74) is 0. The summed E-state index contributed by atoms with van der Waals surface area (Å²) in [7, 11) is 2.34. The highest BCUT2D eigenvalue weighted by Crippen LogP contribution is 2.28. The van der Waals surface area contributed by atoms with Gasteiger partial charge in [-0.2, -0.15) is 13.2 Å². The van der Waals surface area contributed by atoms with E-state index in [0.29, 0.717) is 17.3 Å². The summed E-state index contributed by atoms with van der Waals surface area (Å²) in [6.07, 6.45) is -0.664. The highest BCUT2D eigenvalue weighted by molar-refractivity contribution is 7.80. The number of carbonyl (C=O) groups is 1. The number of hydrogen-bond acceptors (Lipinski definition) is 6. The van der Waals surface area contributed by atoms with Crippen molar-refractivity contribution in [2.75, 3.05) is 33.9 Å². The Bertz CT molecular complexity index is 1030. The monoisotopic (exact) mass is 565 g/mol. The maximum Gasteiger partial charge on any atom is 0.406 e. The van der Waals surface area contributed by atoms with E-state index in [9.17, 15) is 22.4 Å². The van der Waals surface area contributed by atoms with E-state index in [-0.39, 0.29) is 34.0 Å². The van der Waals surface area contributed by atoms with Crippen molar-refractivity contribution in [3.8, 4) is 11.6 Å². The zero-order chi connectivity index (χ0) is 28.8. The Morgan fingerprint density at radius 2 is 1.89 bits per heavy atom. The zero-order valence-electron chi connectivity index (χ0n) is 20.6. The standard InChI is InChI=1S/C16H17ClFNO3.C8H11F3N2OS/c1-5-20-12(3)10-21-16-15(7-6-8-19-16)22-13(4)14(17)9-11(2)18;1-4-6(15)13(3)7(14)12(2)5-8(9,10)11/h6-9H,2-5,10H2,1H3;4H,1,5H2,2-3H3/b14-9+;. The molecule has 0 aliphatic carbocycles. The van der Waals surface area contributed by atoms with E-state index in [1.807, 2.05) is 6.92 Å². The van der Waals surface area contributed by atoms with E-state index in [2.05, 4.69) is 31.3 Å². The minimum atomic E-state index is -4.42. The molecular weight excluding hydrogens is 538 g/mol. The number of carbonyl (C=O) groups excluding carboxylic acids is 1. The van der Waals surface area contributed by atoms with Crippen LogP contribution in [0.3, 0.4) is 0 Å². The molecule has 1 aromatic heterocycles. The fraction of sp³-hybridized carbons (Fsp3) is 0.292. The van der Waals surface area contributed by atoms with Gasteiger partial charge in [0, 0.05) is 20.3 Å². The van der Waals surface area contributed by atoms with Crippen LogP contribution in [0, 0.1) is 0 Å². The van der Waals surface area contributed by atoms with E-state index in [1.54, 1.807) is 12.1 Å². The van der Waals surface area contributed by atoms with Crippen molar-refractivity contribution in [3.63, 3.8) is 0 Å². The first-order valence-corrected chi connectivity index (χ1v) is 11.1. The molecule has 0 aliphatic heterocycles. The summed E-state index contributed by atoms with van der Waals surface area (Å²) in [6, 6.07) is 2.45. The summed E-state index contributed by atoms with van der Waals surface area (Å²) in [6.45, 7) is 14.9. The van der Waals surface area contributed by atoms with Crippen molar-refractivity contribution in [1.82, 2.24) is 14.8 Å². The molecule has 0 saturated heterocycles. The van der Waals surface area contributed by atoms with Gasteiger partial charge in [0.1, 0.15) is 35.5 Å². The number of urea groups is 1. The molecule has 0 aliphatic rings. The van der Waals surface area contributed by atoms with Gasteiger partial charge in [-0.1, -0.05) is 50.1 Å². The Balaban J connectivity index is 0.000000757. The van der Waals surface area contributed by atoms with Crippen LogP contribution in [0.2, 0.25) is 0 Å². The number of rotatable bonds is 11. The quantitative estimate of drug-likeness (QED) is 0.0996. The predicted octanol–water partition coefficient (Wildman–Crippen LogP) is 6.55. The average molecular weight is 566 g/mol. The van der Waals surface area contributed by atoms with E-state index in [4.69, 9.17) is 38.0 Å². The number of aromatic nitrogens is 1. The van der Waals surface area contributed by atoms with Crippen molar-refractivity contribution in [3.05, 3.63) is 79.2 Å². The predicted molar refractivity (Wildman–Crippen MR) is 139 cm³/mol. The number of allylic oxidation sites excluding steroid dienone is 3. The third kappa shape index (κ3) is 14.1. The first-order valence-electron chi connectivity index (χ1n) is 10.3. The van der Waals surface area contributed by atoms with Crippen LogP contribution in [0.5, 0.6) is 11.6 Å². The molecule has 1 heterocycles. The zero-order valence-corrected chi connectivity index (χ0v) is 22.2. The molecule has 0 aromatic carbocycles. The third-order valence-corrected chi connectivity index (χ3v) is 4.53. The highest BCUT2D eigenvalue weighted by atomic mass is 35.5. The van der Waals surface area contributed by atoms with Gasteiger partial charge in [0.25, 0.3) is 5.88 Å². The van der Waals surface area contributed by atoms with Crippen LogP contribution in [0.15, 0.2) is 79.2 Å². The molecule has 0 fully saturated rings. The lowest BCUT2D eigenvalue weighted by Gasteiger charge is -2.24. The molecule has 0 radical (unpaired) electrons. The van der Waals surface area contributed by atoms with Gasteiger partial charge in [0.15, 0.2) is 5.75 Å². The summed E-state index contributed by atoms with van der Waals surface area (Å²) in [5.74, 6) is 0.304. The summed E-state index contributed by atoms with van der Waals surface area (Å²) >= 11 is 10.5. The average Bonchev–Trinajstić information content (AvgIpc) is 2.81. The Morgan fingerprint density at radius 3 is 2.41 bits per heavy atom. The van der Waals surface area contributed by atoms with Crippen LogP contribution in [0.25, 0.3) is 0 Å². The van der Waals surface area contributed by atoms with Gasteiger partial charge < -0.3 is 19.1 Å². The third-order valence-electron chi connectivity index (χ3n) is 3.77. The lowest BCUT2D eigenvalue weighted by atomic mass is 10.4. The van der Waals surface area contributed by atoms with Crippen molar-refractivity contribution in [2.45, 2.75) is 13.1 Å². The van der Waals surface area contributed by atoms with Gasteiger partial charge in [-0.25, -0.2) is 14.2 Å².